The second-order valence-corrected chi connectivity index (χ2v) is 6.29. The molecule has 3 aromatic carbocycles. The van der Waals surface area contributed by atoms with Crippen molar-refractivity contribution in [3.63, 3.8) is 0 Å². The first-order chi connectivity index (χ1) is 14.2. The molecular formula is C23H17N3O3. The highest BCUT2D eigenvalue weighted by atomic mass is 16.5. The van der Waals surface area contributed by atoms with Gasteiger partial charge in [0, 0.05) is 28.4 Å². The van der Waals surface area contributed by atoms with Crippen molar-refractivity contribution in [2.24, 2.45) is 0 Å². The first-order valence-electron chi connectivity index (χ1n) is 8.99. The van der Waals surface area contributed by atoms with Gasteiger partial charge in [-0.1, -0.05) is 53.7 Å². The summed E-state index contributed by atoms with van der Waals surface area (Å²) in [6, 6.07) is 26.7. The Morgan fingerprint density at radius 2 is 1.24 bits per heavy atom. The summed E-state index contributed by atoms with van der Waals surface area (Å²) < 4.78 is 5.21. The average molecular weight is 383 g/mol. The van der Waals surface area contributed by atoms with Crippen LogP contribution in [0.25, 0.3) is 11.3 Å². The van der Waals surface area contributed by atoms with Crippen LogP contribution >= 0.6 is 0 Å². The summed E-state index contributed by atoms with van der Waals surface area (Å²) in [4.78, 5) is 24.4. The van der Waals surface area contributed by atoms with E-state index in [4.69, 9.17) is 4.52 Å². The molecule has 0 spiro atoms. The predicted octanol–water partition coefficient (Wildman–Crippen LogP) is 4.85. The molecule has 0 aliphatic heterocycles. The number of amides is 2. The maximum absolute atomic E-state index is 12.2. The lowest BCUT2D eigenvalue weighted by Gasteiger charge is -2.05. The molecule has 0 radical (unpaired) electrons. The van der Waals surface area contributed by atoms with Crippen molar-refractivity contribution < 1.29 is 14.1 Å². The molecule has 2 N–H and O–H groups in total. The Morgan fingerprint density at radius 1 is 0.690 bits per heavy atom. The van der Waals surface area contributed by atoms with E-state index in [1.807, 2.05) is 36.4 Å². The molecule has 0 saturated heterocycles. The van der Waals surface area contributed by atoms with Gasteiger partial charge in [-0.05, 0) is 36.4 Å². The molecule has 6 heteroatoms. The molecule has 142 valence electrons. The second-order valence-electron chi connectivity index (χ2n) is 6.29. The minimum atomic E-state index is -0.271. The molecule has 0 fully saturated rings. The van der Waals surface area contributed by atoms with E-state index in [9.17, 15) is 9.59 Å². The zero-order valence-electron chi connectivity index (χ0n) is 15.3. The molecule has 1 aromatic heterocycles. The summed E-state index contributed by atoms with van der Waals surface area (Å²) >= 11 is 0. The Kier molecular flexibility index (Phi) is 5.16. The van der Waals surface area contributed by atoms with Crippen LogP contribution in [0.15, 0.2) is 95.5 Å². The Hall–Kier alpha value is -4.19. The Labute approximate surface area is 167 Å². The Balaban J connectivity index is 1.42. The zero-order chi connectivity index (χ0) is 20.1. The van der Waals surface area contributed by atoms with Crippen LogP contribution in [0.4, 0.5) is 11.6 Å². The van der Waals surface area contributed by atoms with Gasteiger partial charge < -0.3 is 9.84 Å². The van der Waals surface area contributed by atoms with Crippen molar-refractivity contribution >= 4 is 23.4 Å². The van der Waals surface area contributed by atoms with Gasteiger partial charge in [0.15, 0.2) is 0 Å². The van der Waals surface area contributed by atoms with Crippen molar-refractivity contribution in [2.45, 2.75) is 0 Å². The van der Waals surface area contributed by atoms with Gasteiger partial charge in [-0.15, -0.1) is 0 Å². The van der Waals surface area contributed by atoms with E-state index in [1.165, 1.54) is 0 Å². The van der Waals surface area contributed by atoms with Crippen LogP contribution in [0.2, 0.25) is 0 Å². The van der Waals surface area contributed by atoms with Gasteiger partial charge in [0.05, 0.1) is 0 Å². The van der Waals surface area contributed by atoms with Crippen LogP contribution < -0.4 is 10.6 Å². The van der Waals surface area contributed by atoms with Crippen LogP contribution in [-0.2, 0) is 0 Å². The van der Waals surface area contributed by atoms with Crippen LogP contribution in [0.5, 0.6) is 0 Å². The lowest BCUT2D eigenvalue weighted by molar-refractivity contribution is 0.101. The first kappa shape index (κ1) is 18.2. The van der Waals surface area contributed by atoms with Gasteiger partial charge in [-0.25, -0.2) is 0 Å². The third-order valence-electron chi connectivity index (χ3n) is 4.26. The van der Waals surface area contributed by atoms with Crippen molar-refractivity contribution in [2.75, 3.05) is 10.6 Å². The van der Waals surface area contributed by atoms with E-state index in [2.05, 4.69) is 15.8 Å². The number of benzene rings is 3. The molecule has 2 amide bonds. The monoisotopic (exact) mass is 383 g/mol. The van der Waals surface area contributed by atoms with Crippen LogP contribution in [0.1, 0.15) is 20.7 Å². The normalized spacial score (nSPS) is 10.3. The van der Waals surface area contributed by atoms with Crippen LogP contribution in [-0.4, -0.2) is 17.0 Å². The van der Waals surface area contributed by atoms with E-state index in [-0.39, 0.29) is 17.7 Å². The maximum Gasteiger partial charge on any atom is 0.258 e. The van der Waals surface area contributed by atoms with Gasteiger partial charge in [0.25, 0.3) is 11.8 Å². The molecular weight excluding hydrogens is 366 g/mol. The minimum absolute atomic E-state index is 0.175. The van der Waals surface area contributed by atoms with Crippen LogP contribution in [0.3, 0.4) is 0 Å². The van der Waals surface area contributed by atoms with Gasteiger partial charge in [0.1, 0.15) is 5.69 Å². The topological polar surface area (TPSA) is 84.2 Å². The first-order valence-corrected chi connectivity index (χ1v) is 8.99. The third-order valence-corrected chi connectivity index (χ3v) is 4.26. The Morgan fingerprint density at radius 3 is 1.83 bits per heavy atom. The lowest BCUT2D eigenvalue weighted by atomic mass is 10.1. The second kappa shape index (κ2) is 8.22. The fourth-order valence-corrected chi connectivity index (χ4v) is 2.76. The maximum atomic E-state index is 12.2. The van der Waals surface area contributed by atoms with Crippen molar-refractivity contribution in [1.29, 1.82) is 0 Å². The summed E-state index contributed by atoms with van der Waals surface area (Å²) in [5.41, 5.74) is 3.17. The highest BCUT2D eigenvalue weighted by molar-refractivity contribution is 6.04. The molecule has 0 aliphatic rings. The number of aromatic nitrogens is 1. The zero-order valence-corrected chi connectivity index (χ0v) is 15.3. The van der Waals surface area contributed by atoms with E-state index in [1.54, 1.807) is 54.6 Å². The van der Waals surface area contributed by atoms with Gasteiger partial charge in [-0.3, -0.25) is 14.9 Å². The predicted molar refractivity (Wildman–Crippen MR) is 111 cm³/mol. The summed E-state index contributed by atoms with van der Waals surface area (Å²) in [6.07, 6.45) is 0. The van der Waals surface area contributed by atoms with Gasteiger partial charge >= 0.3 is 0 Å². The molecule has 6 nitrogen and oxygen atoms in total. The van der Waals surface area contributed by atoms with Crippen LogP contribution in [0, 0.1) is 0 Å². The number of anilines is 2. The fourth-order valence-electron chi connectivity index (χ4n) is 2.76. The van der Waals surface area contributed by atoms with Crippen molar-refractivity contribution in [3.05, 3.63) is 102 Å². The number of hydrogen-bond acceptors (Lipinski definition) is 4. The molecule has 0 aliphatic carbocycles. The number of hydrogen-bond donors (Lipinski definition) is 2. The summed E-state index contributed by atoms with van der Waals surface area (Å²) in [5, 5.41) is 9.52. The number of nitrogens with one attached hydrogen (secondary N) is 2. The number of carbonyl (C=O) groups is 2. The SMILES string of the molecule is O=C(Nc1ccc(-c2cc(NC(=O)c3ccccc3)on2)cc1)c1ccccc1. The Bertz CT molecular complexity index is 1120. The van der Waals surface area contributed by atoms with E-state index < -0.39 is 0 Å². The standard InChI is InChI=1S/C23H17N3O3/c27-22(17-7-3-1-4-8-17)24-19-13-11-16(12-14-19)20-15-21(29-26-20)25-23(28)18-9-5-2-6-10-18/h1-15H,(H,24,27)(H,25,28). The van der Waals surface area contributed by atoms with E-state index >= 15 is 0 Å². The fraction of sp³-hybridized carbons (Fsp3) is 0. The van der Waals surface area contributed by atoms with Crippen molar-refractivity contribution in [1.82, 2.24) is 5.16 Å². The summed E-state index contributed by atoms with van der Waals surface area (Å²) in [6.45, 7) is 0. The lowest BCUT2D eigenvalue weighted by Crippen LogP contribution is -2.11. The molecule has 0 unspecified atom stereocenters. The van der Waals surface area contributed by atoms with Gasteiger partial charge in [0.2, 0.25) is 5.88 Å². The molecule has 29 heavy (non-hydrogen) atoms. The highest BCUT2D eigenvalue weighted by Gasteiger charge is 2.11. The van der Waals surface area contributed by atoms with E-state index in [0.717, 1.165) is 5.56 Å². The number of rotatable bonds is 5. The molecule has 0 bridgehead atoms. The molecule has 0 saturated carbocycles. The van der Waals surface area contributed by atoms with E-state index in [0.29, 0.717) is 22.5 Å². The molecule has 4 aromatic rings. The summed E-state index contributed by atoms with van der Waals surface area (Å²) in [5.74, 6) is -0.187. The third kappa shape index (κ3) is 4.39. The number of nitrogens with zero attached hydrogens (tertiary/aromatic N) is 1. The average Bonchev–Trinajstić information content (AvgIpc) is 3.24. The van der Waals surface area contributed by atoms with Crippen molar-refractivity contribution in [3.8, 4) is 11.3 Å². The number of carbonyl (C=O) groups excluding carboxylic acids is 2. The minimum Gasteiger partial charge on any atom is -0.338 e. The molecule has 4 rings (SSSR count). The quantitative estimate of drug-likeness (QED) is 0.516. The largest absolute Gasteiger partial charge is 0.338 e. The smallest absolute Gasteiger partial charge is 0.258 e. The summed E-state index contributed by atoms with van der Waals surface area (Å²) in [7, 11) is 0. The molecule has 1 heterocycles. The highest BCUT2D eigenvalue weighted by Crippen LogP contribution is 2.24. The van der Waals surface area contributed by atoms with Gasteiger partial charge in [-0.2, -0.15) is 0 Å². The molecule has 0 atom stereocenters.